The number of unbranched alkanes of at least 4 members (excludes halogenated alkanes) is 1. The number of para-hydroxylation sites is 1. The average Bonchev–Trinajstić information content (AvgIpc) is 2.25. The number of benzene rings is 1. The maximum Gasteiger partial charge on any atom is 0.106 e. The molecule has 0 aromatic heterocycles. The Labute approximate surface area is 97.1 Å². The van der Waals surface area contributed by atoms with Gasteiger partial charge in [-0.1, -0.05) is 37.7 Å². The van der Waals surface area contributed by atoms with Crippen molar-refractivity contribution in [3.63, 3.8) is 0 Å². The molecule has 0 aliphatic rings. The number of anilines is 1. The number of thiocarbonyl (C=S) groups is 1. The molecule has 82 valence electrons. The number of nitrogens with zero attached hydrogens (tertiary/aromatic N) is 1. The zero-order valence-corrected chi connectivity index (χ0v) is 10.2. The molecule has 0 saturated carbocycles. The van der Waals surface area contributed by atoms with Crippen LogP contribution < -0.4 is 10.6 Å². The summed E-state index contributed by atoms with van der Waals surface area (Å²) in [5, 5.41) is 0. The van der Waals surface area contributed by atoms with Gasteiger partial charge >= 0.3 is 0 Å². The van der Waals surface area contributed by atoms with Gasteiger partial charge in [0, 0.05) is 24.8 Å². The van der Waals surface area contributed by atoms with E-state index in [-0.39, 0.29) is 0 Å². The van der Waals surface area contributed by atoms with Crippen LogP contribution in [0, 0.1) is 0 Å². The molecule has 0 saturated heterocycles. The maximum absolute atomic E-state index is 5.69. The highest BCUT2D eigenvalue weighted by Crippen LogP contribution is 2.19. The summed E-state index contributed by atoms with van der Waals surface area (Å²) in [5.41, 5.74) is 7.77. The molecule has 1 aromatic rings. The molecule has 0 spiro atoms. The Bertz CT molecular complexity index is 336. The molecule has 0 unspecified atom stereocenters. The van der Waals surface area contributed by atoms with E-state index in [0.717, 1.165) is 17.8 Å². The highest BCUT2D eigenvalue weighted by molar-refractivity contribution is 7.80. The third kappa shape index (κ3) is 3.20. The van der Waals surface area contributed by atoms with Gasteiger partial charge in [0.05, 0.1) is 0 Å². The molecule has 0 radical (unpaired) electrons. The number of nitrogens with two attached hydrogens (primary N) is 1. The predicted octanol–water partition coefficient (Wildman–Crippen LogP) is 2.56. The summed E-state index contributed by atoms with van der Waals surface area (Å²) < 4.78 is 0. The standard InChI is InChI=1S/C12H18N2S/c1-3-4-9-14(2)11-8-6-5-7-10(11)12(13)15/h5-8H,3-4,9H2,1-2H3,(H2,13,15). The minimum absolute atomic E-state index is 0.467. The van der Waals surface area contributed by atoms with Crippen LogP contribution in [0.5, 0.6) is 0 Å². The van der Waals surface area contributed by atoms with Gasteiger partial charge in [0.25, 0.3) is 0 Å². The second-order valence-corrected chi connectivity index (χ2v) is 4.10. The minimum Gasteiger partial charge on any atom is -0.389 e. The van der Waals surface area contributed by atoms with Gasteiger partial charge < -0.3 is 10.6 Å². The quantitative estimate of drug-likeness (QED) is 0.776. The van der Waals surface area contributed by atoms with E-state index in [2.05, 4.69) is 24.9 Å². The van der Waals surface area contributed by atoms with Crippen LogP contribution in [-0.4, -0.2) is 18.6 Å². The summed E-state index contributed by atoms with van der Waals surface area (Å²) in [6.07, 6.45) is 2.38. The zero-order chi connectivity index (χ0) is 11.3. The fourth-order valence-corrected chi connectivity index (χ4v) is 1.70. The Morgan fingerprint density at radius 3 is 2.67 bits per heavy atom. The summed E-state index contributed by atoms with van der Waals surface area (Å²) in [6.45, 7) is 3.23. The van der Waals surface area contributed by atoms with Gasteiger partial charge in [-0.25, -0.2) is 0 Å². The summed E-state index contributed by atoms with van der Waals surface area (Å²) in [7, 11) is 2.08. The van der Waals surface area contributed by atoms with E-state index >= 15 is 0 Å². The van der Waals surface area contributed by atoms with E-state index < -0.39 is 0 Å². The van der Waals surface area contributed by atoms with Crippen molar-refractivity contribution in [1.82, 2.24) is 0 Å². The second-order valence-electron chi connectivity index (χ2n) is 3.66. The first-order valence-corrected chi connectivity index (χ1v) is 5.67. The van der Waals surface area contributed by atoms with Gasteiger partial charge in [-0.15, -0.1) is 0 Å². The normalized spacial score (nSPS) is 10.0. The van der Waals surface area contributed by atoms with Crippen LogP contribution >= 0.6 is 12.2 Å². The van der Waals surface area contributed by atoms with Crippen LogP contribution in [0.2, 0.25) is 0 Å². The Balaban J connectivity index is 2.87. The number of hydrogen-bond donors (Lipinski definition) is 1. The Kier molecular flexibility index (Phi) is 4.56. The molecule has 15 heavy (non-hydrogen) atoms. The summed E-state index contributed by atoms with van der Waals surface area (Å²) in [5.74, 6) is 0. The van der Waals surface area contributed by atoms with Crippen LogP contribution in [0.4, 0.5) is 5.69 Å². The van der Waals surface area contributed by atoms with E-state index in [0.29, 0.717) is 4.99 Å². The van der Waals surface area contributed by atoms with Gasteiger partial charge in [0.15, 0.2) is 0 Å². The third-order valence-electron chi connectivity index (χ3n) is 2.43. The van der Waals surface area contributed by atoms with Crippen LogP contribution in [-0.2, 0) is 0 Å². The van der Waals surface area contributed by atoms with Gasteiger partial charge in [-0.2, -0.15) is 0 Å². The van der Waals surface area contributed by atoms with Crippen molar-refractivity contribution in [3.8, 4) is 0 Å². The first-order valence-electron chi connectivity index (χ1n) is 5.26. The van der Waals surface area contributed by atoms with E-state index in [1.165, 1.54) is 12.8 Å². The van der Waals surface area contributed by atoms with Crippen LogP contribution in [0.1, 0.15) is 25.3 Å². The molecule has 0 bridgehead atoms. The molecule has 2 nitrogen and oxygen atoms in total. The van der Waals surface area contributed by atoms with E-state index in [1.807, 2.05) is 18.2 Å². The molecule has 0 amide bonds. The Morgan fingerprint density at radius 1 is 1.40 bits per heavy atom. The van der Waals surface area contributed by atoms with Crippen molar-refractivity contribution >= 4 is 22.9 Å². The van der Waals surface area contributed by atoms with Crippen LogP contribution in [0.15, 0.2) is 24.3 Å². The Morgan fingerprint density at radius 2 is 2.07 bits per heavy atom. The first-order chi connectivity index (χ1) is 7.16. The van der Waals surface area contributed by atoms with Crippen LogP contribution in [0.25, 0.3) is 0 Å². The molecule has 0 aliphatic carbocycles. The second kappa shape index (κ2) is 5.71. The Hall–Kier alpha value is -1.09. The van der Waals surface area contributed by atoms with Gasteiger partial charge in [0.2, 0.25) is 0 Å². The maximum atomic E-state index is 5.69. The lowest BCUT2D eigenvalue weighted by molar-refractivity contribution is 0.766. The lowest BCUT2D eigenvalue weighted by atomic mass is 10.1. The number of hydrogen-bond acceptors (Lipinski definition) is 2. The predicted molar refractivity (Wildman–Crippen MR) is 70.5 cm³/mol. The molecular formula is C12H18N2S. The summed E-state index contributed by atoms with van der Waals surface area (Å²) >= 11 is 5.03. The summed E-state index contributed by atoms with van der Waals surface area (Å²) in [6, 6.07) is 8.01. The zero-order valence-electron chi connectivity index (χ0n) is 9.36. The molecule has 0 aliphatic heterocycles. The van der Waals surface area contributed by atoms with Gasteiger partial charge in [0.1, 0.15) is 4.99 Å². The summed E-state index contributed by atoms with van der Waals surface area (Å²) in [4.78, 5) is 2.67. The fourth-order valence-electron chi connectivity index (χ4n) is 1.53. The highest BCUT2D eigenvalue weighted by atomic mass is 32.1. The third-order valence-corrected chi connectivity index (χ3v) is 2.65. The van der Waals surface area contributed by atoms with Crippen molar-refractivity contribution in [1.29, 1.82) is 0 Å². The molecule has 0 fully saturated rings. The van der Waals surface area contributed by atoms with Crippen LogP contribution in [0.3, 0.4) is 0 Å². The largest absolute Gasteiger partial charge is 0.389 e. The minimum atomic E-state index is 0.467. The van der Waals surface area contributed by atoms with E-state index in [9.17, 15) is 0 Å². The average molecular weight is 222 g/mol. The van der Waals surface area contributed by atoms with Gasteiger partial charge in [-0.05, 0) is 18.6 Å². The monoisotopic (exact) mass is 222 g/mol. The smallest absolute Gasteiger partial charge is 0.106 e. The van der Waals surface area contributed by atoms with Crippen molar-refractivity contribution in [2.24, 2.45) is 5.73 Å². The number of rotatable bonds is 5. The molecule has 2 N–H and O–H groups in total. The van der Waals surface area contributed by atoms with E-state index in [4.69, 9.17) is 18.0 Å². The van der Waals surface area contributed by atoms with Crippen molar-refractivity contribution in [2.45, 2.75) is 19.8 Å². The van der Waals surface area contributed by atoms with Crippen molar-refractivity contribution in [2.75, 3.05) is 18.5 Å². The van der Waals surface area contributed by atoms with Crippen molar-refractivity contribution in [3.05, 3.63) is 29.8 Å². The molecule has 0 atom stereocenters. The SMILES string of the molecule is CCCCN(C)c1ccccc1C(N)=S. The molecule has 0 heterocycles. The topological polar surface area (TPSA) is 29.3 Å². The van der Waals surface area contributed by atoms with E-state index in [1.54, 1.807) is 0 Å². The van der Waals surface area contributed by atoms with Crippen molar-refractivity contribution < 1.29 is 0 Å². The molecule has 1 rings (SSSR count). The lowest BCUT2D eigenvalue weighted by Gasteiger charge is -2.21. The highest BCUT2D eigenvalue weighted by Gasteiger charge is 2.07. The first kappa shape index (κ1) is 12.0. The van der Waals surface area contributed by atoms with Gasteiger partial charge in [-0.3, -0.25) is 0 Å². The molecule has 1 aromatic carbocycles. The molecular weight excluding hydrogens is 204 g/mol. The fraction of sp³-hybridized carbons (Fsp3) is 0.417. The molecule has 3 heteroatoms. The lowest BCUT2D eigenvalue weighted by Crippen LogP contribution is -2.22.